The first kappa shape index (κ1) is 31.1. The van der Waals surface area contributed by atoms with Gasteiger partial charge in [0.1, 0.15) is 11.2 Å². The lowest BCUT2D eigenvalue weighted by Gasteiger charge is -2.28. The fourth-order valence-corrected chi connectivity index (χ4v) is 8.49. The van der Waals surface area contributed by atoms with E-state index in [0.717, 1.165) is 46.5 Å². The second-order valence-electron chi connectivity index (χ2n) is 14.3. The highest BCUT2D eigenvalue weighted by atomic mass is 16.3. The van der Waals surface area contributed by atoms with Crippen molar-refractivity contribution in [1.29, 1.82) is 0 Å². The first-order chi connectivity index (χ1) is 25.0. The van der Waals surface area contributed by atoms with E-state index in [9.17, 15) is 0 Å². The van der Waals surface area contributed by atoms with Crippen LogP contribution >= 0.6 is 0 Å². The molecule has 0 fully saturated rings. The molecule has 7 aromatic carbocycles. The molecule has 9 rings (SSSR count). The molecule has 0 bridgehead atoms. The summed E-state index contributed by atoms with van der Waals surface area (Å²) in [5.41, 5.74) is 18.2. The summed E-state index contributed by atoms with van der Waals surface area (Å²) in [4.78, 5) is 2.38. The van der Waals surface area contributed by atoms with Gasteiger partial charge in [-0.05, 0) is 111 Å². The Bertz CT molecular complexity index is 2570. The van der Waals surface area contributed by atoms with Crippen LogP contribution in [0.4, 0.5) is 17.1 Å². The molecule has 0 saturated heterocycles. The molecular formula is C49H41NO. The Kier molecular flexibility index (Phi) is 7.44. The first-order valence-electron chi connectivity index (χ1n) is 18.2. The highest BCUT2D eigenvalue weighted by Crippen LogP contribution is 2.51. The van der Waals surface area contributed by atoms with Crippen LogP contribution in [0.3, 0.4) is 0 Å². The normalized spacial score (nSPS) is 13.0. The molecule has 0 aliphatic heterocycles. The Hall–Kier alpha value is -5.86. The third kappa shape index (κ3) is 5.01. The molecule has 1 aliphatic carbocycles. The lowest BCUT2D eigenvalue weighted by molar-refractivity contribution is 0.660. The van der Waals surface area contributed by atoms with Crippen LogP contribution in [0.1, 0.15) is 49.9 Å². The summed E-state index contributed by atoms with van der Waals surface area (Å²) < 4.78 is 6.70. The highest BCUT2D eigenvalue weighted by Gasteiger charge is 2.35. The molecule has 0 N–H and O–H groups in total. The van der Waals surface area contributed by atoms with Crippen LogP contribution in [-0.4, -0.2) is 0 Å². The van der Waals surface area contributed by atoms with Crippen LogP contribution in [-0.2, 0) is 18.3 Å². The Labute approximate surface area is 300 Å². The zero-order valence-corrected chi connectivity index (χ0v) is 29.7. The number of fused-ring (bicyclic) bond motifs is 6. The van der Waals surface area contributed by atoms with Crippen molar-refractivity contribution in [3.05, 3.63) is 174 Å². The molecule has 0 saturated carbocycles. The van der Waals surface area contributed by atoms with Crippen molar-refractivity contribution in [1.82, 2.24) is 0 Å². The predicted octanol–water partition coefficient (Wildman–Crippen LogP) is 13.8. The minimum Gasteiger partial charge on any atom is -0.456 e. The van der Waals surface area contributed by atoms with E-state index in [-0.39, 0.29) is 5.41 Å². The van der Waals surface area contributed by atoms with Crippen LogP contribution in [0.2, 0.25) is 0 Å². The van der Waals surface area contributed by atoms with Gasteiger partial charge in [0.2, 0.25) is 0 Å². The number of rotatable bonds is 7. The third-order valence-corrected chi connectivity index (χ3v) is 11.1. The molecule has 248 valence electrons. The van der Waals surface area contributed by atoms with Gasteiger partial charge in [0.15, 0.2) is 0 Å². The lowest BCUT2D eigenvalue weighted by Crippen LogP contribution is -2.16. The van der Waals surface area contributed by atoms with E-state index in [2.05, 4.69) is 184 Å². The van der Waals surface area contributed by atoms with Crippen LogP contribution in [0.15, 0.2) is 156 Å². The number of aryl methyl sites for hydroxylation is 2. The maximum absolute atomic E-state index is 6.70. The predicted molar refractivity (Wildman–Crippen MR) is 216 cm³/mol. The Morgan fingerprint density at radius 1 is 0.490 bits per heavy atom. The molecular weight excluding hydrogens is 619 g/mol. The minimum absolute atomic E-state index is 0.0991. The van der Waals surface area contributed by atoms with E-state index >= 15 is 0 Å². The molecule has 2 heteroatoms. The van der Waals surface area contributed by atoms with Gasteiger partial charge in [0.25, 0.3) is 0 Å². The van der Waals surface area contributed by atoms with Crippen molar-refractivity contribution >= 4 is 39.0 Å². The van der Waals surface area contributed by atoms with Crippen molar-refractivity contribution < 1.29 is 4.42 Å². The smallest absolute Gasteiger partial charge is 0.137 e. The second kappa shape index (κ2) is 12.2. The molecule has 1 aromatic heterocycles. The number of furan rings is 1. The summed E-state index contributed by atoms with van der Waals surface area (Å²) in [5, 5.41) is 2.38. The Morgan fingerprint density at radius 3 is 1.90 bits per heavy atom. The van der Waals surface area contributed by atoms with E-state index in [0.29, 0.717) is 0 Å². The summed E-state index contributed by atoms with van der Waals surface area (Å²) in [5.74, 6) is 0. The highest BCUT2D eigenvalue weighted by molar-refractivity contribution is 6.10. The molecule has 1 aliphatic rings. The maximum atomic E-state index is 6.70. The van der Waals surface area contributed by atoms with Crippen molar-refractivity contribution in [3.8, 4) is 33.4 Å². The zero-order chi connectivity index (χ0) is 34.7. The SMILES string of the molecule is CCc1ccccc1-c1ccc2oc3cc(N(c4ccc(-c5ccccc5)cc4)c4ccc5c(c4)C(C)(C)c4ccccc4-5)ccc3c2c1CC. The van der Waals surface area contributed by atoms with Gasteiger partial charge < -0.3 is 9.32 Å². The number of hydrogen-bond acceptors (Lipinski definition) is 2. The van der Waals surface area contributed by atoms with Crippen molar-refractivity contribution in [2.24, 2.45) is 0 Å². The number of hydrogen-bond donors (Lipinski definition) is 0. The molecule has 51 heavy (non-hydrogen) atoms. The van der Waals surface area contributed by atoms with E-state index < -0.39 is 0 Å². The average molecular weight is 660 g/mol. The fourth-order valence-electron chi connectivity index (χ4n) is 8.49. The van der Waals surface area contributed by atoms with Crippen molar-refractivity contribution in [2.75, 3.05) is 4.90 Å². The van der Waals surface area contributed by atoms with Crippen molar-refractivity contribution in [2.45, 2.75) is 46.0 Å². The zero-order valence-electron chi connectivity index (χ0n) is 29.7. The molecule has 1 heterocycles. The van der Waals surface area contributed by atoms with Crippen LogP contribution in [0, 0.1) is 0 Å². The van der Waals surface area contributed by atoms with Gasteiger partial charge in [-0.25, -0.2) is 0 Å². The Balaban J connectivity index is 1.21. The molecule has 2 nitrogen and oxygen atoms in total. The minimum atomic E-state index is -0.0991. The molecule has 0 unspecified atom stereocenters. The summed E-state index contributed by atoms with van der Waals surface area (Å²) in [6, 6.07) is 55.3. The van der Waals surface area contributed by atoms with Gasteiger partial charge in [0, 0.05) is 39.3 Å². The molecule has 0 spiro atoms. The molecule has 0 amide bonds. The molecule has 0 radical (unpaired) electrons. The van der Waals surface area contributed by atoms with Crippen LogP contribution in [0.5, 0.6) is 0 Å². The molecule has 8 aromatic rings. The lowest BCUT2D eigenvalue weighted by atomic mass is 9.82. The van der Waals surface area contributed by atoms with E-state index in [1.807, 2.05) is 0 Å². The second-order valence-corrected chi connectivity index (χ2v) is 14.3. The summed E-state index contributed by atoms with van der Waals surface area (Å²) in [6.07, 6.45) is 1.93. The number of nitrogens with zero attached hydrogens (tertiary/aromatic N) is 1. The topological polar surface area (TPSA) is 16.4 Å². The van der Waals surface area contributed by atoms with Gasteiger partial charge in [0.05, 0.1) is 0 Å². The average Bonchev–Trinajstić information content (AvgIpc) is 3.66. The van der Waals surface area contributed by atoms with Crippen LogP contribution < -0.4 is 4.90 Å². The number of benzene rings is 7. The maximum Gasteiger partial charge on any atom is 0.137 e. The largest absolute Gasteiger partial charge is 0.456 e. The van der Waals surface area contributed by atoms with Crippen molar-refractivity contribution in [3.63, 3.8) is 0 Å². The summed E-state index contributed by atoms with van der Waals surface area (Å²) in [7, 11) is 0. The summed E-state index contributed by atoms with van der Waals surface area (Å²) >= 11 is 0. The fraction of sp³-hybridized carbons (Fsp3) is 0.143. The first-order valence-corrected chi connectivity index (χ1v) is 18.2. The third-order valence-electron chi connectivity index (χ3n) is 11.1. The monoisotopic (exact) mass is 659 g/mol. The van der Waals surface area contributed by atoms with Gasteiger partial charge in [-0.1, -0.05) is 131 Å². The molecule has 0 atom stereocenters. The van der Waals surface area contributed by atoms with Crippen LogP contribution in [0.25, 0.3) is 55.3 Å². The van der Waals surface area contributed by atoms with Gasteiger partial charge >= 0.3 is 0 Å². The standard InChI is InChI=1S/C49H41NO/c1-5-32-14-10-11-17-39(32)40-28-29-46-48(38(40)6-2)43-27-25-37(31-47(43)51-46)50(35-22-20-34(21-23-35)33-15-8-7-9-16-33)36-24-26-42-41-18-12-13-19-44(41)49(3,4)45(42)30-36/h7-31H,5-6H2,1-4H3. The van der Waals surface area contributed by atoms with E-state index in [1.54, 1.807) is 0 Å². The van der Waals surface area contributed by atoms with Gasteiger partial charge in [-0.15, -0.1) is 0 Å². The Morgan fingerprint density at radius 2 is 1.12 bits per heavy atom. The van der Waals surface area contributed by atoms with E-state index in [4.69, 9.17) is 4.42 Å². The number of anilines is 3. The van der Waals surface area contributed by atoms with Gasteiger partial charge in [-0.2, -0.15) is 0 Å². The summed E-state index contributed by atoms with van der Waals surface area (Å²) in [6.45, 7) is 9.19. The van der Waals surface area contributed by atoms with E-state index in [1.165, 1.54) is 61.0 Å². The quantitative estimate of drug-likeness (QED) is 0.169. The van der Waals surface area contributed by atoms with Gasteiger partial charge in [-0.3, -0.25) is 0 Å².